The molecule has 0 bridgehead atoms. The maximum Gasteiger partial charge on any atom is 0.253 e. The minimum atomic E-state index is -0.161. The molecule has 0 saturated carbocycles. The fraction of sp³-hybridized carbons (Fsp3) is 0.333. The summed E-state index contributed by atoms with van der Waals surface area (Å²) in [6, 6.07) is 9.34. The quantitative estimate of drug-likeness (QED) is 0.522. The molecule has 9 nitrogen and oxygen atoms in total. The van der Waals surface area contributed by atoms with Crippen molar-refractivity contribution >= 4 is 5.65 Å². The third-order valence-corrected chi connectivity index (χ3v) is 5.52. The Balaban J connectivity index is 1.50. The maximum absolute atomic E-state index is 12.4. The van der Waals surface area contributed by atoms with E-state index in [1.807, 2.05) is 24.3 Å². The first kappa shape index (κ1) is 18.6. The van der Waals surface area contributed by atoms with Gasteiger partial charge in [0.05, 0.1) is 25.4 Å². The predicted octanol–water partition coefficient (Wildman–Crippen LogP) is 2.14. The van der Waals surface area contributed by atoms with E-state index < -0.39 is 0 Å². The number of hydrogen-bond acceptors (Lipinski definition) is 7. The van der Waals surface area contributed by atoms with Crippen LogP contribution in [0.25, 0.3) is 17.1 Å². The van der Waals surface area contributed by atoms with Gasteiger partial charge in [0.1, 0.15) is 17.0 Å². The molecule has 1 saturated heterocycles. The van der Waals surface area contributed by atoms with E-state index in [2.05, 4.69) is 25.6 Å². The zero-order valence-corrected chi connectivity index (χ0v) is 16.6. The Morgan fingerprint density at radius 2 is 2.07 bits per heavy atom. The first-order valence-corrected chi connectivity index (χ1v) is 9.99. The number of benzene rings is 1. The van der Waals surface area contributed by atoms with Gasteiger partial charge < -0.3 is 19.5 Å². The number of ether oxygens (including phenoxy) is 1. The van der Waals surface area contributed by atoms with Gasteiger partial charge in [-0.3, -0.25) is 4.79 Å². The van der Waals surface area contributed by atoms with Crippen LogP contribution in [0.1, 0.15) is 35.9 Å². The van der Waals surface area contributed by atoms with Crippen LogP contribution in [0.15, 0.2) is 45.7 Å². The summed E-state index contributed by atoms with van der Waals surface area (Å²) in [5.41, 5.74) is 2.89. The number of para-hydroxylation sites is 1. The molecular formula is C21H22N6O3. The number of rotatable bonds is 5. The van der Waals surface area contributed by atoms with Gasteiger partial charge in [0.25, 0.3) is 11.4 Å². The SMILES string of the molecule is COc1ccccc1Cc1nnc(-c2cnn3c(C4CCNCC4)cc(=O)[nH]c23)o1. The maximum atomic E-state index is 12.4. The fourth-order valence-corrected chi connectivity index (χ4v) is 4.02. The Hall–Kier alpha value is -3.46. The number of aromatic amines is 1. The molecule has 154 valence electrons. The van der Waals surface area contributed by atoms with Gasteiger partial charge in [-0.1, -0.05) is 18.2 Å². The lowest BCUT2D eigenvalue weighted by molar-refractivity contribution is 0.408. The van der Waals surface area contributed by atoms with Crippen LogP contribution in [0.4, 0.5) is 0 Å². The lowest BCUT2D eigenvalue weighted by Crippen LogP contribution is -2.28. The number of H-pyrrole nitrogens is 1. The minimum Gasteiger partial charge on any atom is -0.496 e. The van der Waals surface area contributed by atoms with Gasteiger partial charge in [-0.05, 0) is 32.0 Å². The number of hydrogen-bond donors (Lipinski definition) is 2. The summed E-state index contributed by atoms with van der Waals surface area (Å²) in [4.78, 5) is 15.2. The molecule has 30 heavy (non-hydrogen) atoms. The molecule has 4 aromatic rings. The topological polar surface area (TPSA) is 110 Å². The minimum absolute atomic E-state index is 0.161. The number of nitrogens with zero attached hydrogens (tertiary/aromatic N) is 4. The van der Waals surface area contributed by atoms with Crippen molar-refractivity contribution in [3.05, 3.63) is 64.0 Å². The van der Waals surface area contributed by atoms with Crippen molar-refractivity contribution in [2.24, 2.45) is 0 Å². The van der Waals surface area contributed by atoms with Crippen molar-refractivity contribution in [1.82, 2.24) is 30.1 Å². The highest BCUT2D eigenvalue weighted by Gasteiger charge is 2.22. The van der Waals surface area contributed by atoms with Gasteiger partial charge in [0.15, 0.2) is 0 Å². The Morgan fingerprint density at radius 3 is 2.90 bits per heavy atom. The molecular weight excluding hydrogens is 384 g/mol. The van der Waals surface area contributed by atoms with Crippen LogP contribution in [0.2, 0.25) is 0 Å². The number of fused-ring (bicyclic) bond motifs is 1. The summed E-state index contributed by atoms with van der Waals surface area (Å²) in [6.45, 7) is 1.87. The molecule has 1 aromatic carbocycles. The summed E-state index contributed by atoms with van der Waals surface area (Å²) in [7, 11) is 1.63. The molecule has 2 N–H and O–H groups in total. The van der Waals surface area contributed by atoms with Crippen molar-refractivity contribution in [2.45, 2.75) is 25.2 Å². The fourth-order valence-electron chi connectivity index (χ4n) is 4.02. The van der Waals surface area contributed by atoms with Gasteiger partial charge in [-0.2, -0.15) is 5.10 Å². The highest BCUT2D eigenvalue weighted by molar-refractivity contribution is 5.70. The molecule has 3 aromatic heterocycles. The Bertz CT molecular complexity index is 1240. The Kier molecular flexibility index (Phi) is 4.80. The summed E-state index contributed by atoms with van der Waals surface area (Å²) in [6.07, 6.45) is 4.05. The van der Waals surface area contributed by atoms with Crippen molar-refractivity contribution in [3.63, 3.8) is 0 Å². The van der Waals surface area contributed by atoms with E-state index in [0.717, 1.165) is 42.9 Å². The summed E-state index contributed by atoms with van der Waals surface area (Å²) in [5, 5.41) is 16.2. The molecule has 1 aliphatic rings. The van der Waals surface area contributed by atoms with Crippen LogP contribution in [0.5, 0.6) is 5.75 Å². The highest BCUT2D eigenvalue weighted by atomic mass is 16.5. The van der Waals surface area contributed by atoms with Crippen molar-refractivity contribution < 1.29 is 9.15 Å². The van der Waals surface area contributed by atoms with Crippen LogP contribution in [-0.2, 0) is 6.42 Å². The average molecular weight is 406 g/mol. The smallest absolute Gasteiger partial charge is 0.253 e. The van der Waals surface area contributed by atoms with Crippen molar-refractivity contribution in [2.75, 3.05) is 20.2 Å². The van der Waals surface area contributed by atoms with Gasteiger partial charge in [0, 0.05) is 17.5 Å². The lowest BCUT2D eigenvalue weighted by atomic mass is 9.94. The largest absolute Gasteiger partial charge is 0.496 e. The second-order valence-corrected chi connectivity index (χ2v) is 7.39. The molecule has 0 spiro atoms. The van der Waals surface area contributed by atoms with E-state index in [9.17, 15) is 4.79 Å². The van der Waals surface area contributed by atoms with Gasteiger partial charge in [0.2, 0.25) is 5.89 Å². The second kappa shape index (κ2) is 7.75. The van der Waals surface area contributed by atoms with Crippen LogP contribution in [0.3, 0.4) is 0 Å². The number of nitrogens with one attached hydrogen (secondary N) is 2. The van der Waals surface area contributed by atoms with Crippen molar-refractivity contribution in [3.8, 4) is 17.2 Å². The van der Waals surface area contributed by atoms with E-state index in [1.54, 1.807) is 23.9 Å². The summed E-state index contributed by atoms with van der Waals surface area (Å²) in [5.74, 6) is 1.84. The molecule has 1 fully saturated rings. The first-order valence-electron chi connectivity index (χ1n) is 9.99. The van der Waals surface area contributed by atoms with Gasteiger partial charge in [-0.25, -0.2) is 4.52 Å². The molecule has 0 amide bonds. The molecule has 0 unspecified atom stereocenters. The van der Waals surface area contributed by atoms with Crippen LogP contribution in [-0.4, -0.2) is 45.0 Å². The van der Waals surface area contributed by atoms with E-state index in [-0.39, 0.29) is 11.5 Å². The molecule has 1 aliphatic heterocycles. The zero-order chi connectivity index (χ0) is 20.5. The number of piperidine rings is 1. The van der Waals surface area contributed by atoms with Crippen LogP contribution >= 0.6 is 0 Å². The van der Waals surface area contributed by atoms with Crippen LogP contribution < -0.4 is 15.6 Å². The molecule has 0 aliphatic carbocycles. The second-order valence-electron chi connectivity index (χ2n) is 7.39. The Morgan fingerprint density at radius 1 is 1.23 bits per heavy atom. The molecule has 0 atom stereocenters. The molecule has 9 heteroatoms. The van der Waals surface area contributed by atoms with Crippen LogP contribution in [0, 0.1) is 0 Å². The normalized spacial score (nSPS) is 15.0. The van der Waals surface area contributed by atoms with E-state index in [1.165, 1.54) is 0 Å². The molecule has 5 rings (SSSR count). The lowest BCUT2D eigenvalue weighted by Gasteiger charge is -2.23. The third-order valence-electron chi connectivity index (χ3n) is 5.52. The van der Waals surface area contributed by atoms with E-state index >= 15 is 0 Å². The Labute approximate surface area is 172 Å². The number of aromatic nitrogens is 5. The zero-order valence-electron chi connectivity index (χ0n) is 16.6. The van der Waals surface area contributed by atoms with E-state index in [0.29, 0.717) is 29.4 Å². The number of methoxy groups -OCH3 is 1. The van der Waals surface area contributed by atoms with Crippen molar-refractivity contribution in [1.29, 1.82) is 0 Å². The average Bonchev–Trinajstić information content (AvgIpc) is 3.41. The first-order chi connectivity index (χ1) is 14.7. The highest BCUT2D eigenvalue weighted by Crippen LogP contribution is 2.28. The molecule has 0 radical (unpaired) electrons. The van der Waals surface area contributed by atoms with E-state index in [4.69, 9.17) is 9.15 Å². The van der Waals surface area contributed by atoms with Gasteiger partial charge >= 0.3 is 0 Å². The molecule has 4 heterocycles. The van der Waals surface area contributed by atoms with Gasteiger partial charge in [-0.15, -0.1) is 10.2 Å². The summed E-state index contributed by atoms with van der Waals surface area (Å²) >= 11 is 0. The predicted molar refractivity (Wildman–Crippen MR) is 110 cm³/mol. The monoisotopic (exact) mass is 406 g/mol. The summed E-state index contributed by atoms with van der Waals surface area (Å²) < 4.78 is 13.1. The standard InChI is InChI=1S/C21H22N6O3/c1-29-17-5-3-2-4-14(17)10-19-25-26-21(30-19)15-12-23-27-16(11-18(28)24-20(15)27)13-6-8-22-9-7-13/h2-5,11-13,22H,6-10H2,1H3,(H,24,28). The third kappa shape index (κ3) is 3.37.